The molecule has 0 unspecified atom stereocenters. The molecule has 0 heterocycles. The van der Waals surface area contributed by atoms with Gasteiger partial charge < -0.3 is 4.74 Å². The first-order valence-electron chi connectivity index (χ1n) is 3.93. The molecular weight excluding hydrogens is 234 g/mol. The zero-order chi connectivity index (χ0) is 12.3. The molecule has 8 heteroatoms. The van der Waals surface area contributed by atoms with E-state index in [1.165, 1.54) is 0 Å². The van der Waals surface area contributed by atoms with Crippen molar-refractivity contribution in [2.24, 2.45) is 0 Å². The second-order valence-corrected chi connectivity index (χ2v) is 2.78. The van der Waals surface area contributed by atoms with Gasteiger partial charge in [0.1, 0.15) is 0 Å². The Labute approximate surface area is 86.6 Å². The van der Waals surface area contributed by atoms with Gasteiger partial charge >= 0.3 is 6.18 Å². The van der Waals surface area contributed by atoms with E-state index in [9.17, 15) is 27.7 Å². The van der Waals surface area contributed by atoms with Crippen LogP contribution in [0.3, 0.4) is 0 Å². The molecule has 88 valence electrons. The number of hydrogen-bond donors (Lipinski definition) is 0. The lowest BCUT2D eigenvalue weighted by atomic mass is 10.3. The van der Waals surface area contributed by atoms with Gasteiger partial charge in [-0.1, -0.05) is 0 Å². The van der Waals surface area contributed by atoms with Crippen LogP contribution >= 0.6 is 0 Å². The molecule has 4 nitrogen and oxygen atoms in total. The summed E-state index contributed by atoms with van der Waals surface area (Å²) in [5.41, 5.74) is -0.543. The molecule has 0 aliphatic carbocycles. The van der Waals surface area contributed by atoms with Gasteiger partial charge in [-0.05, 0) is 6.07 Å². The molecule has 0 saturated carbocycles. The number of non-ortho nitro benzene ring substituents is 1. The Bertz CT molecular complexity index is 405. The van der Waals surface area contributed by atoms with Crippen LogP contribution in [0.1, 0.15) is 0 Å². The molecule has 1 rings (SSSR count). The van der Waals surface area contributed by atoms with Gasteiger partial charge in [0, 0.05) is 6.07 Å². The van der Waals surface area contributed by atoms with E-state index in [-0.39, 0.29) is 0 Å². The van der Waals surface area contributed by atoms with Gasteiger partial charge in [-0.2, -0.15) is 13.2 Å². The lowest BCUT2D eigenvalue weighted by molar-refractivity contribution is -0.385. The van der Waals surface area contributed by atoms with Crippen molar-refractivity contribution in [2.45, 2.75) is 6.18 Å². The van der Waals surface area contributed by atoms with Crippen molar-refractivity contribution in [1.82, 2.24) is 0 Å². The highest BCUT2D eigenvalue weighted by Gasteiger charge is 2.29. The van der Waals surface area contributed by atoms with E-state index < -0.39 is 35.0 Å². The van der Waals surface area contributed by atoms with E-state index >= 15 is 0 Å². The minimum absolute atomic E-state index is 0.543. The second-order valence-electron chi connectivity index (χ2n) is 2.78. The van der Waals surface area contributed by atoms with Gasteiger partial charge in [0.2, 0.25) is 0 Å². The van der Waals surface area contributed by atoms with Crippen LogP contribution in [0.4, 0.5) is 23.2 Å². The standard InChI is InChI=1S/C8H5F4NO3/c9-6-2-1-5(13(14)15)3-7(6)16-4-8(10,11)12/h1-3H,4H2. The Kier molecular flexibility index (Phi) is 3.31. The summed E-state index contributed by atoms with van der Waals surface area (Å²) in [4.78, 5) is 9.41. The fourth-order valence-electron chi connectivity index (χ4n) is 0.876. The van der Waals surface area contributed by atoms with E-state index in [4.69, 9.17) is 0 Å². The Morgan fingerprint density at radius 3 is 2.50 bits per heavy atom. The van der Waals surface area contributed by atoms with Crippen LogP contribution in [-0.4, -0.2) is 17.7 Å². The quantitative estimate of drug-likeness (QED) is 0.463. The first-order valence-corrected chi connectivity index (χ1v) is 3.93. The summed E-state index contributed by atoms with van der Waals surface area (Å²) in [5, 5.41) is 10.3. The molecule has 0 saturated heterocycles. The van der Waals surface area contributed by atoms with Crippen molar-refractivity contribution in [3.05, 3.63) is 34.1 Å². The summed E-state index contributed by atoms with van der Waals surface area (Å²) < 4.78 is 52.2. The average molecular weight is 239 g/mol. The highest BCUT2D eigenvalue weighted by Crippen LogP contribution is 2.25. The minimum atomic E-state index is -4.63. The van der Waals surface area contributed by atoms with Gasteiger partial charge in [-0.3, -0.25) is 10.1 Å². The number of hydrogen-bond acceptors (Lipinski definition) is 3. The van der Waals surface area contributed by atoms with Gasteiger partial charge in [0.25, 0.3) is 5.69 Å². The fraction of sp³-hybridized carbons (Fsp3) is 0.250. The normalized spacial score (nSPS) is 11.2. The van der Waals surface area contributed by atoms with Crippen LogP contribution in [0.2, 0.25) is 0 Å². The van der Waals surface area contributed by atoms with E-state index in [2.05, 4.69) is 4.74 Å². The van der Waals surface area contributed by atoms with Crippen LogP contribution in [0.5, 0.6) is 5.75 Å². The molecule has 0 spiro atoms. The summed E-state index contributed by atoms with van der Waals surface area (Å²) in [7, 11) is 0. The number of ether oxygens (including phenoxy) is 1. The average Bonchev–Trinajstić information content (AvgIpc) is 2.14. The van der Waals surface area contributed by atoms with E-state index in [0.717, 1.165) is 6.07 Å². The Balaban J connectivity index is 2.86. The molecule has 0 amide bonds. The third-order valence-corrected chi connectivity index (χ3v) is 1.52. The number of nitro benzene ring substituents is 1. The zero-order valence-corrected chi connectivity index (χ0v) is 7.62. The van der Waals surface area contributed by atoms with Gasteiger partial charge in [0.05, 0.1) is 11.0 Å². The molecule has 0 N–H and O–H groups in total. The third kappa shape index (κ3) is 3.37. The molecule has 0 aliphatic heterocycles. The van der Waals surface area contributed by atoms with Crippen molar-refractivity contribution < 1.29 is 27.2 Å². The Hall–Kier alpha value is -1.86. The Morgan fingerprint density at radius 2 is 2.00 bits per heavy atom. The van der Waals surface area contributed by atoms with Crippen LogP contribution in [0, 0.1) is 15.9 Å². The molecule has 1 aromatic rings. The van der Waals surface area contributed by atoms with E-state index in [0.29, 0.717) is 12.1 Å². The van der Waals surface area contributed by atoms with Crippen molar-refractivity contribution in [2.75, 3.05) is 6.61 Å². The molecule has 0 bridgehead atoms. The molecule has 0 aliphatic rings. The number of nitrogens with zero attached hydrogens (tertiary/aromatic N) is 1. The van der Waals surface area contributed by atoms with Gasteiger partial charge in [-0.25, -0.2) is 4.39 Å². The van der Waals surface area contributed by atoms with Crippen LogP contribution in [-0.2, 0) is 0 Å². The van der Waals surface area contributed by atoms with Crippen molar-refractivity contribution in [1.29, 1.82) is 0 Å². The lowest BCUT2D eigenvalue weighted by Gasteiger charge is -2.09. The topological polar surface area (TPSA) is 52.4 Å². The molecule has 1 aromatic carbocycles. The summed E-state index contributed by atoms with van der Waals surface area (Å²) >= 11 is 0. The van der Waals surface area contributed by atoms with Crippen molar-refractivity contribution >= 4 is 5.69 Å². The van der Waals surface area contributed by atoms with Gasteiger partial charge in [-0.15, -0.1) is 0 Å². The first-order chi connectivity index (χ1) is 7.29. The SMILES string of the molecule is O=[N+]([O-])c1ccc(F)c(OCC(F)(F)F)c1. The summed E-state index contributed by atoms with van der Waals surface area (Å²) in [5.74, 6) is -1.89. The maximum atomic E-state index is 12.9. The van der Waals surface area contributed by atoms with Crippen LogP contribution < -0.4 is 4.74 Å². The van der Waals surface area contributed by atoms with E-state index in [1.54, 1.807) is 0 Å². The largest absolute Gasteiger partial charge is 0.481 e. The van der Waals surface area contributed by atoms with Crippen LogP contribution in [0.25, 0.3) is 0 Å². The van der Waals surface area contributed by atoms with Crippen LogP contribution in [0.15, 0.2) is 18.2 Å². The predicted octanol–water partition coefficient (Wildman–Crippen LogP) is 2.68. The molecule has 0 fully saturated rings. The summed E-state index contributed by atoms with van der Waals surface area (Å²) in [6.07, 6.45) is -4.63. The Morgan fingerprint density at radius 1 is 1.38 bits per heavy atom. The summed E-state index contributed by atoms with van der Waals surface area (Å²) in [6, 6.07) is 2.10. The molecule has 0 aromatic heterocycles. The molecule has 16 heavy (non-hydrogen) atoms. The number of halogens is 4. The lowest BCUT2D eigenvalue weighted by Crippen LogP contribution is -2.19. The number of benzene rings is 1. The smallest absolute Gasteiger partial charge is 0.422 e. The van der Waals surface area contributed by atoms with Gasteiger partial charge in [0.15, 0.2) is 18.2 Å². The molecule has 0 atom stereocenters. The maximum Gasteiger partial charge on any atom is 0.422 e. The number of alkyl halides is 3. The maximum absolute atomic E-state index is 12.9. The minimum Gasteiger partial charge on any atom is -0.481 e. The van der Waals surface area contributed by atoms with Crippen molar-refractivity contribution in [3.63, 3.8) is 0 Å². The first kappa shape index (κ1) is 12.2. The summed E-state index contributed by atoms with van der Waals surface area (Å²) in [6.45, 7) is -1.70. The third-order valence-electron chi connectivity index (χ3n) is 1.52. The monoisotopic (exact) mass is 239 g/mol. The zero-order valence-electron chi connectivity index (χ0n) is 7.62. The molecular formula is C8H5F4NO3. The number of nitro groups is 1. The van der Waals surface area contributed by atoms with Crippen molar-refractivity contribution in [3.8, 4) is 5.75 Å². The van der Waals surface area contributed by atoms with E-state index in [1.807, 2.05) is 0 Å². The highest BCUT2D eigenvalue weighted by molar-refractivity contribution is 5.39. The molecule has 0 radical (unpaired) electrons. The predicted molar refractivity (Wildman–Crippen MR) is 44.6 cm³/mol. The fourth-order valence-corrected chi connectivity index (χ4v) is 0.876. The number of rotatable bonds is 3. The second kappa shape index (κ2) is 4.33. The highest BCUT2D eigenvalue weighted by atomic mass is 19.4.